The van der Waals surface area contributed by atoms with Crippen LogP contribution in [-0.2, 0) is 0 Å². The number of amides is 2. The first-order chi connectivity index (χ1) is 14.2. The number of hydrogen-bond donors (Lipinski definition) is 2. The van der Waals surface area contributed by atoms with E-state index in [0.717, 1.165) is 0 Å². The minimum atomic E-state index is -0.439. The lowest BCUT2D eigenvalue weighted by Crippen LogP contribution is -2.19. The first-order valence-corrected chi connectivity index (χ1v) is 8.59. The molecule has 0 bridgehead atoms. The number of carbonyl (C=O) groups excluding carboxylic acids is 1. The normalized spacial score (nSPS) is 10.4. The molecule has 0 fully saturated rings. The van der Waals surface area contributed by atoms with E-state index in [9.17, 15) is 9.18 Å². The lowest BCUT2D eigenvalue weighted by Gasteiger charge is -2.09. The van der Waals surface area contributed by atoms with Gasteiger partial charge in [-0.25, -0.2) is 14.2 Å². The molecule has 29 heavy (non-hydrogen) atoms. The van der Waals surface area contributed by atoms with Gasteiger partial charge in [0.05, 0.1) is 0 Å². The van der Waals surface area contributed by atoms with Crippen molar-refractivity contribution in [1.29, 1.82) is 0 Å². The molecule has 2 heterocycles. The monoisotopic (exact) mass is 390 g/mol. The van der Waals surface area contributed by atoms with Crippen LogP contribution in [0.15, 0.2) is 79.4 Å². The SMILES string of the molecule is O=C(Nc1ccc(F)cc1)Nc1ccc(Oc2ccc(-n3ccnc3)nn2)cc1. The summed E-state index contributed by atoms with van der Waals surface area (Å²) in [5.41, 5.74) is 1.06. The van der Waals surface area contributed by atoms with Crippen molar-refractivity contribution in [3.63, 3.8) is 0 Å². The van der Waals surface area contributed by atoms with E-state index in [2.05, 4.69) is 25.8 Å². The number of aromatic nitrogens is 4. The van der Waals surface area contributed by atoms with Crippen molar-refractivity contribution >= 4 is 17.4 Å². The van der Waals surface area contributed by atoms with E-state index in [0.29, 0.717) is 28.8 Å². The van der Waals surface area contributed by atoms with Gasteiger partial charge in [-0.2, -0.15) is 0 Å². The highest BCUT2D eigenvalue weighted by Crippen LogP contribution is 2.21. The Bertz CT molecular complexity index is 1080. The number of urea groups is 1. The number of benzene rings is 2. The summed E-state index contributed by atoms with van der Waals surface area (Å²) in [5, 5.41) is 13.4. The molecule has 0 aliphatic heterocycles. The zero-order valence-electron chi connectivity index (χ0n) is 15.0. The lowest BCUT2D eigenvalue weighted by atomic mass is 10.3. The molecule has 2 N–H and O–H groups in total. The maximum atomic E-state index is 12.9. The number of carbonyl (C=O) groups is 1. The molecule has 2 aromatic heterocycles. The van der Waals surface area contributed by atoms with Gasteiger partial charge in [-0.1, -0.05) is 0 Å². The van der Waals surface area contributed by atoms with Gasteiger partial charge in [0.25, 0.3) is 0 Å². The number of nitrogens with one attached hydrogen (secondary N) is 2. The van der Waals surface area contributed by atoms with Gasteiger partial charge in [0, 0.05) is 29.8 Å². The van der Waals surface area contributed by atoms with Crippen LogP contribution in [0.1, 0.15) is 0 Å². The topological polar surface area (TPSA) is 94.0 Å². The summed E-state index contributed by atoms with van der Waals surface area (Å²) in [5.74, 6) is 1.14. The second-order valence-electron chi connectivity index (χ2n) is 5.91. The number of ether oxygens (including phenoxy) is 1. The molecule has 0 aliphatic rings. The number of hydrogen-bond acceptors (Lipinski definition) is 5. The molecule has 2 aromatic carbocycles. The molecule has 0 spiro atoms. The number of nitrogens with zero attached hydrogens (tertiary/aromatic N) is 4. The van der Waals surface area contributed by atoms with Crippen LogP contribution in [0, 0.1) is 5.82 Å². The largest absolute Gasteiger partial charge is 0.438 e. The fourth-order valence-electron chi connectivity index (χ4n) is 2.45. The zero-order valence-corrected chi connectivity index (χ0v) is 15.0. The van der Waals surface area contributed by atoms with Crippen LogP contribution in [0.2, 0.25) is 0 Å². The van der Waals surface area contributed by atoms with Gasteiger partial charge in [-0.3, -0.25) is 4.57 Å². The number of imidazole rings is 1. The van der Waals surface area contributed by atoms with Crippen LogP contribution >= 0.6 is 0 Å². The second-order valence-corrected chi connectivity index (χ2v) is 5.91. The first kappa shape index (κ1) is 18.1. The molecular formula is C20H15FN6O2. The van der Waals surface area contributed by atoms with E-state index in [4.69, 9.17) is 4.74 Å². The molecule has 9 heteroatoms. The average molecular weight is 390 g/mol. The van der Waals surface area contributed by atoms with Crippen molar-refractivity contribution in [2.24, 2.45) is 0 Å². The fourth-order valence-corrected chi connectivity index (χ4v) is 2.45. The molecule has 4 aromatic rings. The minimum absolute atomic E-state index is 0.337. The molecule has 0 saturated carbocycles. The highest BCUT2D eigenvalue weighted by Gasteiger charge is 2.05. The Labute approximate surface area is 165 Å². The Balaban J connectivity index is 1.34. The summed E-state index contributed by atoms with van der Waals surface area (Å²) in [6.07, 6.45) is 5.05. The molecule has 0 aliphatic carbocycles. The summed E-state index contributed by atoms with van der Waals surface area (Å²) >= 11 is 0. The lowest BCUT2D eigenvalue weighted by molar-refractivity contribution is 0.262. The number of halogens is 1. The van der Waals surface area contributed by atoms with Gasteiger partial charge in [0.2, 0.25) is 5.88 Å². The van der Waals surface area contributed by atoms with E-state index >= 15 is 0 Å². The summed E-state index contributed by atoms with van der Waals surface area (Å²) in [6.45, 7) is 0. The Hall–Kier alpha value is -4.27. The highest BCUT2D eigenvalue weighted by molar-refractivity contribution is 5.99. The highest BCUT2D eigenvalue weighted by atomic mass is 19.1. The Morgan fingerprint density at radius 3 is 2.17 bits per heavy atom. The van der Waals surface area contributed by atoms with Crippen LogP contribution in [0.3, 0.4) is 0 Å². The third-order valence-electron chi connectivity index (χ3n) is 3.83. The van der Waals surface area contributed by atoms with Gasteiger partial charge >= 0.3 is 6.03 Å². The fraction of sp³-hybridized carbons (Fsp3) is 0. The second kappa shape index (κ2) is 8.17. The van der Waals surface area contributed by atoms with Crippen molar-refractivity contribution in [2.45, 2.75) is 0 Å². The molecule has 4 rings (SSSR count). The smallest absolute Gasteiger partial charge is 0.323 e. The van der Waals surface area contributed by atoms with Gasteiger partial charge < -0.3 is 15.4 Å². The predicted octanol–water partition coefficient (Wildman–Crippen LogP) is 4.24. The molecular weight excluding hydrogens is 375 g/mol. The number of rotatable bonds is 5. The summed E-state index contributed by atoms with van der Waals surface area (Å²) < 4.78 is 20.3. The molecule has 0 radical (unpaired) electrons. The third-order valence-corrected chi connectivity index (χ3v) is 3.83. The maximum absolute atomic E-state index is 12.9. The van der Waals surface area contributed by atoms with E-state index in [-0.39, 0.29) is 5.82 Å². The van der Waals surface area contributed by atoms with Gasteiger partial charge in [0.15, 0.2) is 5.82 Å². The Morgan fingerprint density at radius 1 is 0.897 bits per heavy atom. The molecule has 0 saturated heterocycles. The van der Waals surface area contributed by atoms with Crippen molar-refractivity contribution in [3.05, 3.63) is 85.2 Å². The average Bonchev–Trinajstić information content (AvgIpc) is 3.27. The van der Waals surface area contributed by atoms with Crippen LogP contribution in [0.5, 0.6) is 11.6 Å². The Morgan fingerprint density at radius 2 is 1.59 bits per heavy atom. The van der Waals surface area contributed by atoms with E-state index in [1.54, 1.807) is 59.7 Å². The predicted molar refractivity (Wildman–Crippen MR) is 105 cm³/mol. The van der Waals surface area contributed by atoms with Crippen molar-refractivity contribution in [1.82, 2.24) is 19.7 Å². The van der Waals surface area contributed by atoms with Gasteiger partial charge in [-0.05, 0) is 54.6 Å². The molecule has 144 valence electrons. The zero-order chi connectivity index (χ0) is 20.1. The summed E-state index contributed by atoms with van der Waals surface area (Å²) in [7, 11) is 0. The van der Waals surface area contributed by atoms with Crippen molar-refractivity contribution in [2.75, 3.05) is 10.6 Å². The maximum Gasteiger partial charge on any atom is 0.323 e. The van der Waals surface area contributed by atoms with Crippen LogP contribution in [0.4, 0.5) is 20.6 Å². The summed E-state index contributed by atoms with van der Waals surface area (Å²) in [4.78, 5) is 16.0. The minimum Gasteiger partial charge on any atom is -0.438 e. The van der Waals surface area contributed by atoms with Crippen LogP contribution < -0.4 is 15.4 Å². The van der Waals surface area contributed by atoms with Crippen molar-refractivity contribution < 1.29 is 13.9 Å². The third kappa shape index (κ3) is 4.72. The molecule has 0 unspecified atom stereocenters. The van der Waals surface area contributed by atoms with E-state index in [1.807, 2.05) is 0 Å². The van der Waals surface area contributed by atoms with E-state index < -0.39 is 6.03 Å². The van der Waals surface area contributed by atoms with Crippen molar-refractivity contribution in [3.8, 4) is 17.4 Å². The standard InChI is InChI=1S/C20H15FN6O2/c21-14-1-3-15(4-2-14)23-20(28)24-16-5-7-17(8-6-16)29-19-10-9-18(25-26-19)27-12-11-22-13-27/h1-13H,(H2,23,24,28). The quantitative estimate of drug-likeness (QED) is 0.532. The van der Waals surface area contributed by atoms with Crippen LogP contribution in [0.25, 0.3) is 5.82 Å². The molecule has 8 nitrogen and oxygen atoms in total. The van der Waals surface area contributed by atoms with Gasteiger partial charge in [-0.15, -0.1) is 10.2 Å². The van der Waals surface area contributed by atoms with Gasteiger partial charge in [0.1, 0.15) is 17.9 Å². The molecule has 0 atom stereocenters. The van der Waals surface area contributed by atoms with Crippen LogP contribution in [-0.4, -0.2) is 25.8 Å². The molecule has 2 amide bonds. The first-order valence-electron chi connectivity index (χ1n) is 8.59. The Kier molecular flexibility index (Phi) is 5.10. The van der Waals surface area contributed by atoms with E-state index in [1.165, 1.54) is 24.3 Å². The number of anilines is 2. The summed E-state index contributed by atoms with van der Waals surface area (Å²) in [6, 6.07) is 15.3.